The predicted molar refractivity (Wildman–Crippen MR) is 67.1 cm³/mol. The van der Waals surface area contributed by atoms with E-state index in [2.05, 4.69) is 27.0 Å². The zero-order chi connectivity index (χ0) is 11.5. The van der Waals surface area contributed by atoms with Crippen molar-refractivity contribution < 1.29 is 4.74 Å². The van der Waals surface area contributed by atoms with Crippen LogP contribution in [0.1, 0.15) is 11.3 Å². The van der Waals surface area contributed by atoms with Gasteiger partial charge in [-0.3, -0.25) is 4.90 Å². The minimum absolute atomic E-state index is 0.898. The van der Waals surface area contributed by atoms with Crippen LogP contribution in [0.3, 0.4) is 0 Å². The highest BCUT2D eigenvalue weighted by atomic mass is 16.5. The van der Waals surface area contributed by atoms with Gasteiger partial charge in [0.2, 0.25) is 0 Å². The minimum Gasteiger partial charge on any atom is -0.379 e. The van der Waals surface area contributed by atoms with Crippen molar-refractivity contribution in [2.45, 2.75) is 19.5 Å². The standard InChI is InChI=1S/C13H21N3O/c1(4-15-7-9-17-10-8-15)12-2-5-16-6-3-14-11-13(12)16/h2,5,14H,1,3-4,6-11H2. The molecule has 0 bridgehead atoms. The minimum atomic E-state index is 0.898. The number of nitrogens with zero attached hydrogens (tertiary/aromatic N) is 2. The van der Waals surface area contributed by atoms with Crippen molar-refractivity contribution in [1.29, 1.82) is 0 Å². The summed E-state index contributed by atoms with van der Waals surface area (Å²) in [5.74, 6) is 0. The molecule has 1 N–H and O–H groups in total. The third-order valence-corrected chi connectivity index (χ3v) is 3.80. The molecular weight excluding hydrogens is 214 g/mol. The summed E-state index contributed by atoms with van der Waals surface area (Å²) < 4.78 is 7.77. The normalized spacial score (nSPS) is 21.4. The zero-order valence-corrected chi connectivity index (χ0v) is 10.3. The molecule has 2 aliphatic heterocycles. The predicted octanol–water partition coefficient (Wildman–Crippen LogP) is 0.466. The van der Waals surface area contributed by atoms with Gasteiger partial charge in [0.1, 0.15) is 0 Å². The number of rotatable bonds is 3. The van der Waals surface area contributed by atoms with E-state index in [0.717, 1.165) is 45.9 Å². The molecule has 1 aromatic rings. The Balaban J connectivity index is 1.59. The molecular formula is C13H21N3O. The molecule has 3 heterocycles. The Morgan fingerprint density at radius 3 is 3.00 bits per heavy atom. The van der Waals surface area contributed by atoms with Gasteiger partial charge >= 0.3 is 0 Å². The molecule has 0 spiro atoms. The molecule has 1 fully saturated rings. The van der Waals surface area contributed by atoms with Gasteiger partial charge in [-0.15, -0.1) is 0 Å². The van der Waals surface area contributed by atoms with Crippen molar-refractivity contribution in [3.8, 4) is 0 Å². The van der Waals surface area contributed by atoms with Gasteiger partial charge in [-0.05, 0) is 18.1 Å². The van der Waals surface area contributed by atoms with Crippen molar-refractivity contribution in [2.75, 3.05) is 39.4 Å². The first-order valence-corrected chi connectivity index (χ1v) is 6.61. The maximum Gasteiger partial charge on any atom is 0.0594 e. The van der Waals surface area contributed by atoms with E-state index < -0.39 is 0 Å². The van der Waals surface area contributed by atoms with Crippen LogP contribution >= 0.6 is 0 Å². The van der Waals surface area contributed by atoms with Crippen molar-refractivity contribution in [3.05, 3.63) is 23.5 Å². The largest absolute Gasteiger partial charge is 0.379 e. The molecule has 94 valence electrons. The zero-order valence-electron chi connectivity index (χ0n) is 10.3. The first kappa shape index (κ1) is 11.3. The van der Waals surface area contributed by atoms with E-state index in [0.29, 0.717) is 0 Å². The summed E-state index contributed by atoms with van der Waals surface area (Å²) >= 11 is 0. The molecule has 4 heteroatoms. The molecule has 0 amide bonds. The van der Waals surface area contributed by atoms with Crippen LogP contribution in [-0.4, -0.2) is 48.9 Å². The highest BCUT2D eigenvalue weighted by Gasteiger charge is 2.14. The Labute approximate surface area is 103 Å². The van der Waals surface area contributed by atoms with E-state index in [4.69, 9.17) is 4.74 Å². The van der Waals surface area contributed by atoms with Crippen LogP contribution in [0, 0.1) is 0 Å². The van der Waals surface area contributed by atoms with E-state index in [1.807, 2.05) is 0 Å². The van der Waals surface area contributed by atoms with Crippen molar-refractivity contribution >= 4 is 0 Å². The fourth-order valence-corrected chi connectivity index (χ4v) is 2.71. The first-order chi connectivity index (χ1) is 8.43. The maximum atomic E-state index is 5.37. The average Bonchev–Trinajstić information content (AvgIpc) is 2.81. The third-order valence-electron chi connectivity index (χ3n) is 3.80. The lowest BCUT2D eigenvalue weighted by molar-refractivity contribution is 0.0384. The molecule has 2 aliphatic rings. The van der Waals surface area contributed by atoms with Crippen molar-refractivity contribution in [2.24, 2.45) is 0 Å². The Hall–Kier alpha value is -0.840. The molecule has 0 radical (unpaired) electrons. The fraction of sp³-hybridized carbons (Fsp3) is 0.692. The number of aromatic nitrogens is 1. The summed E-state index contributed by atoms with van der Waals surface area (Å²) in [4.78, 5) is 2.50. The lowest BCUT2D eigenvalue weighted by atomic mass is 10.1. The molecule has 3 rings (SSSR count). The number of fused-ring (bicyclic) bond motifs is 1. The summed E-state index contributed by atoms with van der Waals surface area (Å²) in [6.45, 7) is 8.40. The Morgan fingerprint density at radius 1 is 1.24 bits per heavy atom. The van der Waals surface area contributed by atoms with Gasteiger partial charge in [0, 0.05) is 51.2 Å². The van der Waals surface area contributed by atoms with E-state index in [-0.39, 0.29) is 0 Å². The first-order valence-electron chi connectivity index (χ1n) is 6.61. The summed E-state index contributed by atoms with van der Waals surface area (Å²) in [5, 5.41) is 3.45. The molecule has 1 saturated heterocycles. The third kappa shape index (κ3) is 2.54. The number of nitrogens with one attached hydrogen (secondary N) is 1. The molecule has 0 unspecified atom stereocenters. The van der Waals surface area contributed by atoms with E-state index >= 15 is 0 Å². The fourth-order valence-electron chi connectivity index (χ4n) is 2.71. The Kier molecular flexibility index (Phi) is 3.45. The highest BCUT2D eigenvalue weighted by Crippen LogP contribution is 2.15. The molecule has 0 aromatic carbocycles. The maximum absolute atomic E-state index is 5.37. The Bertz CT molecular complexity index is 369. The topological polar surface area (TPSA) is 29.4 Å². The second kappa shape index (κ2) is 5.21. The van der Waals surface area contributed by atoms with Gasteiger partial charge in [0.25, 0.3) is 0 Å². The second-order valence-corrected chi connectivity index (χ2v) is 4.86. The van der Waals surface area contributed by atoms with Crippen LogP contribution in [0.5, 0.6) is 0 Å². The van der Waals surface area contributed by atoms with Crippen LogP contribution in [0.15, 0.2) is 12.3 Å². The van der Waals surface area contributed by atoms with E-state index in [9.17, 15) is 0 Å². The van der Waals surface area contributed by atoms with Crippen LogP contribution in [0.2, 0.25) is 0 Å². The van der Waals surface area contributed by atoms with E-state index in [1.54, 1.807) is 0 Å². The summed E-state index contributed by atoms with van der Waals surface area (Å²) in [7, 11) is 0. The number of hydrogen-bond donors (Lipinski definition) is 1. The Morgan fingerprint density at radius 2 is 2.12 bits per heavy atom. The van der Waals surface area contributed by atoms with Gasteiger partial charge in [0.15, 0.2) is 0 Å². The summed E-state index contributed by atoms with van der Waals surface area (Å²) in [5.41, 5.74) is 3.01. The summed E-state index contributed by atoms with van der Waals surface area (Å²) in [6.07, 6.45) is 3.41. The number of hydrogen-bond acceptors (Lipinski definition) is 3. The molecule has 4 nitrogen and oxygen atoms in total. The highest BCUT2D eigenvalue weighted by molar-refractivity contribution is 5.24. The number of morpholine rings is 1. The molecule has 1 aromatic heterocycles. The van der Waals surface area contributed by atoms with Crippen LogP contribution < -0.4 is 5.32 Å². The lowest BCUT2D eigenvalue weighted by Crippen LogP contribution is -2.37. The van der Waals surface area contributed by atoms with Gasteiger partial charge in [0.05, 0.1) is 13.2 Å². The molecule has 0 atom stereocenters. The smallest absolute Gasteiger partial charge is 0.0594 e. The van der Waals surface area contributed by atoms with E-state index in [1.165, 1.54) is 24.2 Å². The van der Waals surface area contributed by atoms with Crippen LogP contribution in [0.25, 0.3) is 0 Å². The second-order valence-electron chi connectivity index (χ2n) is 4.86. The van der Waals surface area contributed by atoms with Gasteiger partial charge in [-0.25, -0.2) is 0 Å². The lowest BCUT2D eigenvalue weighted by Gasteiger charge is -2.26. The number of ether oxygens (including phenoxy) is 1. The van der Waals surface area contributed by atoms with Crippen LogP contribution in [-0.2, 0) is 24.2 Å². The quantitative estimate of drug-likeness (QED) is 0.825. The SMILES string of the molecule is c1cn2c(c1CCN1CCOCC1)CNCC2. The molecule has 17 heavy (non-hydrogen) atoms. The van der Waals surface area contributed by atoms with Gasteiger partial charge in [-0.1, -0.05) is 0 Å². The van der Waals surface area contributed by atoms with Crippen molar-refractivity contribution in [1.82, 2.24) is 14.8 Å². The molecule has 0 aliphatic carbocycles. The van der Waals surface area contributed by atoms with Crippen LogP contribution in [0.4, 0.5) is 0 Å². The van der Waals surface area contributed by atoms with Crippen molar-refractivity contribution in [3.63, 3.8) is 0 Å². The average molecular weight is 235 g/mol. The summed E-state index contributed by atoms with van der Waals surface area (Å²) in [6, 6.07) is 2.29. The monoisotopic (exact) mass is 235 g/mol. The van der Waals surface area contributed by atoms with Gasteiger partial charge < -0.3 is 14.6 Å². The molecule has 0 saturated carbocycles. The van der Waals surface area contributed by atoms with Gasteiger partial charge in [-0.2, -0.15) is 0 Å².